The minimum atomic E-state index is -0.609. The van der Waals surface area contributed by atoms with Crippen molar-refractivity contribution in [2.24, 2.45) is 11.5 Å². The van der Waals surface area contributed by atoms with Gasteiger partial charge in [0.1, 0.15) is 5.82 Å². The van der Waals surface area contributed by atoms with Crippen LogP contribution in [0.1, 0.15) is 24.4 Å². The molecule has 0 aliphatic rings. The van der Waals surface area contributed by atoms with Crippen molar-refractivity contribution in [1.82, 2.24) is 0 Å². The second-order valence-electron chi connectivity index (χ2n) is 3.55. The summed E-state index contributed by atoms with van der Waals surface area (Å²) in [5, 5.41) is 0. The molecule has 3 nitrogen and oxygen atoms in total. The average molecular weight is 230 g/mol. The van der Waals surface area contributed by atoms with E-state index in [1.54, 1.807) is 0 Å². The zero-order valence-corrected chi connectivity index (χ0v) is 9.17. The highest BCUT2D eigenvalue weighted by Crippen LogP contribution is 2.26. The summed E-state index contributed by atoms with van der Waals surface area (Å²) in [5.74, 6) is -1.28. The van der Waals surface area contributed by atoms with Crippen LogP contribution in [-0.4, -0.2) is 13.7 Å². The molecule has 5 heteroatoms. The molecule has 0 heterocycles. The fourth-order valence-electron chi connectivity index (χ4n) is 1.48. The monoisotopic (exact) mass is 230 g/mol. The topological polar surface area (TPSA) is 61.3 Å². The van der Waals surface area contributed by atoms with E-state index < -0.39 is 17.7 Å². The van der Waals surface area contributed by atoms with Crippen molar-refractivity contribution in [1.29, 1.82) is 0 Å². The van der Waals surface area contributed by atoms with Crippen LogP contribution in [-0.2, 0) is 0 Å². The Kier molecular flexibility index (Phi) is 4.64. The molecule has 16 heavy (non-hydrogen) atoms. The van der Waals surface area contributed by atoms with Gasteiger partial charge in [-0.1, -0.05) is 0 Å². The minimum absolute atomic E-state index is 0.118. The quantitative estimate of drug-likeness (QED) is 0.809. The van der Waals surface area contributed by atoms with E-state index in [2.05, 4.69) is 4.74 Å². The summed E-state index contributed by atoms with van der Waals surface area (Å²) in [4.78, 5) is 0. The summed E-state index contributed by atoms with van der Waals surface area (Å²) in [6.07, 6.45) is 1.20. The molecule has 0 saturated carbocycles. The average Bonchev–Trinajstić information content (AvgIpc) is 2.28. The Morgan fingerprint density at radius 3 is 2.56 bits per heavy atom. The van der Waals surface area contributed by atoms with Crippen LogP contribution < -0.4 is 16.2 Å². The molecule has 0 amide bonds. The normalized spacial score (nSPS) is 12.6. The second kappa shape index (κ2) is 5.77. The first-order chi connectivity index (χ1) is 7.60. The van der Waals surface area contributed by atoms with Crippen LogP contribution in [0.2, 0.25) is 0 Å². The fraction of sp³-hybridized carbons (Fsp3) is 0.455. The van der Waals surface area contributed by atoms with Gasteiger partial charge in [0.25, 0.3) is 0 Å². The maximum Gasteiger partial charge on any atom is 0.165 e. The predicted molar refractivity (Wildman–Crippen MR) is 58.1 cm³/mol. The molecular formula is C11H16F2N2O. The third-order valence-corrected chi connectivity index (χ3v) is 2.39. The van der Waals surface area contributed by atoms with Gasteiger partial charge in [-0.15, -0.1) is 0 Å². The van der Waals surface area contributed by atoms with Gasteiger partial charge in [-0.05, 0) is 25.5 Å². The summed E-state index contributed by atoms with van der Waals surface area (Å²) in [7, 11) is 1.28. The Balaban J connectivity index is 2.92. The first kappa shape index (κ1) is 12.9. The first-order valence-electron chi connectivity index (χ1n) is 5.08. The molecule has 0 fully saturated rings. The highest BCUT2D eigenvalue weighted by molar-refractivity contribution is 5.32. The third kappa shape index (κ3) is 2.90. The fourth-order valence-corrected chi connectivity index (χ4v) is 1.48. The maximum absolute atomic E-state index is 13.5. The molecule has 4 N–H and O–H groups in total. The maximum atomic E-state index is 13.5. The van der Waals surface area contributed by atoms with Crippen LogP contribution in [0.15, 0.2) is 12.1 Å². The molecule has 1 aromatic carbocycles. The Hall–Kier alpha value is -1.20. The van der Waals surface area contributed by atoms with E-state index in [-0.39, 0.29) is 11.3 Å². The molecule has 1 atom stereocenters. The van der Waals surface area contributed by atoms with Crippen LogP contribution in [0.3, 0.4) is 0 Å². The van der Waals surface area contributed by atoms with Gasteiger partial charge in [-0.2, -0.15) is 0 Å². The van der Waals surface area contributed by atoms with Crippen molar-refractivity contribution in [3.63, 3.8) is 0 Å². The minimum Gasteiger partial charge on any atom is -0.494 e. The Labute approximate surface area is 93.4 Å². The summed E-state index contributed by atoms with van der Waals surface area (Å²) in [6.45, 7) is 0.480. The number of nitrogens with two attached hydrogens (primary N) is 2. The van der Waals surface area contributed by atoms with Gasteiger partial charge in [0.2, 0.25) is 0 Å². The lowest BCUT2D eigenvalue weighted by molar-refractivity contribution is 0.380. The number of benzene rings is 1. The zero-order chi connectivity index (χ0) is 12.1. The third-order valence-electron chi connectivity index (χ3n) is 2.39. The lowest BCUT2D eigenvalue weighted by atomic mass is 10.0. The molecule has 1 rings (SSSR count). The lowest BCUT2D eigenvalue weighted by Gasteiger charge is -2.13. The summed E-state index contributed by atoms with van der Waals surface area (Å²) < 4.78 is 31.5. The lowest BCUT2D eigenvalue weighted by Crippen LogP contribution is -2.14. The van der Waals surface area contributed by atoms with Crippen molar-refractivity contribution in [3.05, 3.63) is 29.3 Å². The standard InChI is InChI=1S/C11H16F2N2O/c1-16-11-6-8(12)7(5-9(11)13)10(15)3-2-4-14/h5-6,10H,2-4,14-15H2,1H3. The number of hydrogen-bond donors (Lipinski definition) is 2. The van der Waals surface area contributed by atoms with E-state index >= 15 is 0 Å². The van der Waals surface area contributed by atoms with Crippen molar-refractivity contribution < 1.29 is 13.5 Å². The largest absolute Gasteiger partial charge is 0.494 e. The second-order valence-corrected chi connectivity index (χ2v) is 3.55. The van der Waals surface area contributed by atoms with Crippen LogP contribution >= 0.6 is 0 Å². The highest BCUT2D eigenvalue weighted by atomic mass is 19.1. The van der Waals surface area contributed by atoms with Gasteiger partial charge >= 0.3 is 0 Å². The SMILES string of the molecule is COc1cc(F)c(C(N)CCCN)cc1F. The molecule has 0 aliphatic carbocycles. The van der Waals surface area contributed by atoms with Gasteiger partial charge in [0.15, 0.2) is 11.6 Å². The van der Waals surface area contributed by atoms with E-state index in [0.717, 1.165) is 12.1 Å². The molecule has 90 valence electrons. The molecule has 1 unspecified atom stereocenters. The number of hydrogen-bond acceptors (Lipinski definition) is 3. The molecule has 1 aromatic rings. The van der Waals surface area contributed by atoms with Gasteiger partial charge < -0.3 is 16.2 Å². The van der Waals surface area contributed by atoms with Gasteiger partial charge in [0, 0.05) is 17.7 Å². The van der Waals surface area contributed by atoms with Crippen LogP contribution in [0.5, 0.6) is 5.75 Å². The van der Waals surface area contributed by atoms with Crippen LogP contribution in [0.4, 0.5) is 8.78 Å². The van der Waals surface area contributed by atoms with Gasteiger partial charge in [-0.25, -0.2) is 8.78 Å². The van der Waals surface area contributed by atoms with E-state index in [1.165, 1.54) is 7.11 Å². The van der Waals surface area contributed by atoms with Crippen LogP contribution in [0, 0.1) is 11.6 Å². The van der Waals surface area contributed by atoms with Crippen molar-refractivity contribution >= 4 is 0 Å². The number of rotatable bonds is 5. The summed E-state index contributed by atoms with van der Waals surface area (Å²) in [5.41, 5.74) is 11.2. The number of halogens is 2. The van der Waals surface area contributed by atoms with Gasteiger partial charge in [-0.3, -0.25) is 0 Å². The van der Waals surface area contributed by atoms with E-state index in [9.17, 15) is 8.78 Å². The summed E-state index contributed by atoms with van der Waals surface area (Å²) in [6, 6.07) is 1.55. The Bertz CT molecular complexity index is 358. The zero-order valence-electron chi connectivity index (χ0n) is 9.17. The van der Waals surface area contributed by atoms with Crippen molar-refractivity contribution in [3.8, 4) is 5.75 Å². The molecule has 0 spiro atoms. The Morgan fingerprint density at radius 1 is 1.31 bits per heavy atom. The first-order valence-corrected chi connectivity index (χ1v) is 5.08. The molecule has 0 bridgehead atoms. The molecule has 0 aliphatic heterocycles. The van der Waals surface area contributed by atoms with Crippen molar-refractivity contribution in [2.45, 2.75) is 18.9 Å². The molecule has 0 saturated heterocycles. The highest BCUT2D eigenvalue weighted by Gasteiger charge is 2.15. The molecular weight excluding hydrogens is 214 g/mol. The van der Waals surface area contributed by atoms with E-state index in [4.69, 9.17) is 11.5 Å². The van der Waals surface area contributed by atoms with E-state index in [1.807, 2.05) is 0 Å². The van der Waals surface area contributed by atoms with Gasteiger partial charge in [0.05, 0.1) is 7.11 Å². The number of ether oxygens (including phenoxy) is 1. The van der Waals surface area contributed by atoms with E-state index in [0.29, 0.717) is 19.4 Å². The van der Waals surface area contributed by atoms with Crippen LogP contribution in [0.25, 0.3) is 0 Å². The Morgan fingerprint density at radius 2 is 2.00 bits per heavy atom. The molecule has 0 radical (unpaired) electrons. The molecule has 0 aromatic heterocycles. The number of methoxy groups -OCH3 is 1. The summed E-state index contributed by atoms with van der Waals surface area (Å²) >= 11 is 0. The smallest absolute Gasteiger partial charge is 0.165 e. The van der Waals surface area contributed by atoms with Crippen molar-refractivity contribution in [2.75, 3.05) is 13.7 Å². The predicted octanol–water partition coefficient (Wildman–Crippen LogP) is 1.71.